The molecule has 0 bridgehead atoms. The number of anilines is 1. The Kier molecular flexibility index (Phi) is 5.54. The van der Waals surface area contributed by atoms with E-state index >= 15 is 0 Å². The number of carbonyl (C=O) groups excluding carboxylic acids is 2. The minimum absolute atomic E-state index is 0.0711. The fourth-order valence-corrected chi connectivity index (χ4v) is 4.79. The molecule has 0 radical (unpaired) electrons. The Hall–Kier alpha value is -4.10. The number of amides is 2. The van der Waals surface area contributed by atoms with Gasteiger partial charge in [0.2, 0.25) is 5.91 Å². The lowest BCUT2D eigenvalue weighted by atomic mass is 10.1. The van der Waals surface area contributed by atoms with Crippen molar-refractivity contribution in [2.24, 2.45) is 10.7 Å². The minimum Gasteiger partial charge on any atom is -0.368 e. The van der Waals surface area contributed by atoms with Gasteiger partial charge in [-0.15, -0.1) is 0 Å². The van der Waals surface area contributed by atoms with Crippen LogP contribution in [0.3, 0.4) is 0 Å². The molecule has 0 spiro atoms. The maximum Gasteiger partial charge on any atom is 0.271 e. The third kappa shape index (κ3) is 4.18. The summed E-state index contributed by atoms with van der Waals surface area (Å²) in [7, 11) is 0. The van der Waals surface area contributed by atoms with E-state index in [1.165, 1.54) is 11.8 Å². The predicted molar refractivity (Wildman–Crippen MR) is 134 cm³/mol. The van der Waals surface area contributed by atoms with Crippen LogP contribution >= 0.6 is 11.8 Å². The summed E-state index contributed by atoms with van der Waals surface area (Å²) >= 11 is 1.33. The Morgan fingerprint density at radius 2 is 1.61 bits per heavy atom. The number of rotatable bonds is 5. The molecule has 3 aromatic carbocycles. The Morgan fingerprint density at radius 1 is 0.939 bits per heavy atom. The van der Waals surface area contributed by atoms with Gasteiger partial charge in [-0.2, -0.15) is 0 Å². The molecular weight excluding hydrogens is 432 g/mol. The summed E-state index contributed by atoms with van der Waals surface area (Å²) < 4.78 is 1.81. The van der Waals surface area contributed by atoms with Crippen LogP contribution in [-0.4, -0.2) is 21.5 Å². The number of thioether (sulfide) groups is 1. The smallest absolute Gasteiger partial charge is 0.271 e. The third-order valence-electron chi connectivity index (χ3n) is 5.23. The predicted octanol–water partition coefficient (Wildman–Crippen LogP) is 4.94. The number of nitrogens with two attached hydrogens (primary N) is 1. The van der Waals surface area contributed by atoms with Crippen molar-refractivity contribution in [3.05, 3.63) is 102 Å². The van der Waals surface area contributed by atoms with Crippen LogP contribution in [-0.2, 0) is 16.1 Å². The summed E-state index contributed by atoms with van der Waals surface area (Å²) in [6.07, 6.45) is 3.71. The molecule has 2 N–H and O–H groups in total. The van der Waals surface area contributed by atoms with Crippen molar-refractivity contribution >= 4 is 57.1 Å². The highest BCUT2D eigenvalue weighted by atomic mass is 32.2. The molecule has 0 unspecified atom stereocenters. The topological polar surface area (TPSA) is 80.7 Å². The highest BCUT2D eigenvalue weighted by molar-refractivity contribution is 8.19. The van der Waals surface area contributed by atoms with E-state index in [2.05, 4.69) is 0 Å². The molecule has 1 aliphatic heterocycles. The van der Waals surface area contributed by atoms with E-state index in [0.717, 1.165) is 27.8 Å². The first kappa shape index (κ1) is 20.8. The van der Waals surface area contributed by atoms with E-state index in [1.807, 2.05) is 102 Å². The molecule has 33 heavy (non-hydrogen) atoms. The molecule has 162 valence electrons. The minimum atomic E-state index is -0.422. The first-order chi connectivity index (χ1) is 16.1. The normalized spacial score (nSPS) is 16.2. The highest BCUT2D eigenvalue weighted by Crippen LogP contribution is 2.38. The van der Waals surface area contributed by atoms with Gasteiger partial charge >= 0.3 is 0 Å². The summed E-state index contributed by atoms with van der Waals surface area (Å²) in [5, 5.41) is 1.53. The van der Waals surface area contributed by atoms with E-state index in [9.17, 15) is 9.59 Å². The second kappa shape index (κ2) is 8.80. The Bertz CT molecular complexity index is 1410. The van der Waals surface area contributed by atoms with Crippen LogP contribution in [0.15, 0.2) is 101 Å². The van der Waals surface area contributed by atoms with E-state index in [4.69, 9.17) is 10.7 Å². The van der Waals surface area contributed by atoms with Gasteiger partial charge in [0, 0.05) is 22.7 Å². The van der Waals surface area contributed by atoms with E-state index < -0.39 is 5.91 Å². The number of carbonyl (C=O) groups is 2. The number of amidine groups is 1. The monoisotopic (exact) mass is 452 g/mol. The first-order valence-electron chi connectivity index (χ1n) is 10.4. The molecule has 1 aliphatic rings. The molecular formula is C26H20N4O2S. The van der Waals surface area contributed by atoms with Crippen LogP contribution in [0.2, 0.25) is 0 Å². The summed E-state index contributed by atoms with van der Waals surface area (Å²) in [4.78, 5) is 32.0. The van der Waals surface area contributed by atoms with Crippen molar-refractivity contribution in [2.75, 3.05) is 4.90 Å². The van der Waals surface area contributed by atoms with E-state index in [0.29, 0.717) is 10.1 Å². The van der Waals surface area contributed by atoms with Crippen LogP contribution in [0.1, 0.15) is 5.56 Å². The van der Waals surface area contributed by atoms with Crippen LogP contribution in [0.5, 0.6) is 0 Å². The number of nitrogens with zero attached hydrogens (tertiary/aromatic N) is 3. The standard InChI is InChI=1S/C26H20N4O2S/c27-24(31)17-29-16-18(21-13-7-8-14-22(21)29)15-23-25(32)30(20-11-5-2-6-12-20)26(33-23)28-19-9-3-1-4-10-19/h1-16H,17H2,(H2,27,31)/b23-15-,28-26?. The summed E-state index contributed by atoms with van der Waals surface area (Å²) in [5.41, 5.74) is 8.68. The van der Waals surface area contributed by atoms with Crippen LogP contribution in [0.4, 0.5) is 11.4 Å². The van der Waals surface area contributed by atoms with Gasteiger partial charge in [0.15, 0.2) is 5.17 Å². The van der Waals surface area contributed by atoms with Crippen molar-refractivity contribution in [1.82, 2.24) is 4.57 Å². The Balaban J connectivity index is 1.60. The molecule has 0 saturated carbocycles. The third-order valence-corrected chi connectivity index (χ3v) is 6.20. The quantitative estimate of drug-likeness (QED) is 0.436. The zero-order valence-electron chi connectivity index (χ0n) is 17.6. The lowest BCUT2D eigenvalue weighted by molar-refractivity contribution is -0.118. The van der Waals surface area contributed by atoms with Gasteiger partial charge in [0.05, 0.1) is 16.3 Å². The number of para-hydroxylation sites is 3. The fraction of sp³-hybridized carbons (Fsp3) is 0.0385. The second-order valence-corrected chi connectivity index (χ2v) is 8.52. The van der Waals surface area contributed by atoms with Crippen LogP contribution in [0, 0.1) is 0 Å². The second-order valence-electron chi connectivity index (χ2n) is 7.51. The lowest BCUT2D eigenvalue weighted by Gasteiger charge is -2.15. The lowest BCUT2D eigenvalue weighted by Crippen LogP contribution is -2.28. The molecule has 1 fully saturated rings. The average Bonchev–Trinajstić information content (AvgIpc) is 3.32. The number of hydrogen-bond donors (Lipinski definition) is 1. The molecule has 2 heterocycles. The molecule has 7 heteroatoms. The van der Waals surface area contributed by atoms with Crippen LogP contribution < -0.4 is 10.6 Å². The van der Waals surface area contributed by atoms with E-state index in [1.54, 1.807) is 4.90 Å². The van der Waals surface area contributed by atoms with Crippen molar-refractivity contribution in [3.63, 3.8) is 0 Å². The average molecular weight is 453 g/mol. The molecule has 1 aromatic heterocycles. The maximum absolute atomic E-state index is 13.5. The fourth-order valence-electron chi connectivity index (χ4n) is 3.80. The van der Waals surface area contributed by atoms with Gasteiger partial charge < -0.3 is 10.3 Å². The largest absolute Gasteiger partial charge is 0.368 e. The SMILES string of the molecule is NC(=O)Cn1cc(/C=C2\SC(=Nc3ccccc3)N(c3ccccc3)C2=O)c2ccccc21. The molecule has 1 saturated heterocycles. The van der Waals surface area contributed by atoms with Gasteiger partial charge in [-0.25, -0.2) is 4.99 Å². The van der Waals surface area contributed by atoms with Gasteiger partial charge in [0.1, 0.15) is 6.54 Å². The highest BCUT2D eigenvalue weighted by Gasteiger charge is 2.35. The zero-order chi connectivity index (χ0) is 22.8. The van der Waals surface area contributed by atoms with Crippen LogP contribution in [0.25, 0.3) is 17.0 Å². The summed E-state index contributed by atoms with van der Waals surface area (Å²) in [5.74, 6) is -0.568. The number of hydrogen-bond acceptors (Lipinski definition) is 4. The van der Waals surface area contributed by atoms with Gasteiger partial charge in [-0.3, -0.25) is 14.5 Å². The van der Waals surface area contributed by atoms with Crippen molar-refractivity contribution in [1.29, 1.82) is 0 Å². The summed E-state index contributed by atoms with van der Waals surface area (Å²) in [6.45, 7) is 0.0711. The van der Waals surface area contributed by atoms with Crippen molar-refractivity contribution in [3.8, 4) is 0 Å². The Labute approximate surface area is 195 Å². The van der Waals surface area contributed by atoms with E-state index in [-0.39, 0.29) is 12.5 Å². The number of aliphatic imine (C=N–C) groups is 1. The molecule has 2 amide bonds. The van der Waals surface area contributed by atoms with Gasteiger partial charge in [-0.1, -0.05) is 54.6 Å². The zero-order valence-corrected chi connectivity index (χ0v) is 18.4. The maximum atomic E-state index is 13.5. The first-order valence-corrected chi connectivity index (χ1v) is 11.2. The van der Waals surface area contributed by atoms with Crippen molar-refractivity contribution < 1.29 is 9.59 Å². The molecule has 4 aromatic rings. The van der Waals surface area contributed by atoms with Gasteiger partial charge in [0.25, 0.3) is 5.91 Å². The number of fused-ring (bicyclic) bond motifs is 1. The van der Waals surface area contributed by atoms with Crippen molar-refractivity contribution in [2.45, 2.75) is 6.54 Å². The molecule has 6 nitrogen and oxygen atoms in total. The van der Waals surface area contributed by atoms with Gasteiger partial charge in [-0.05, 0) is 48.2 Å². The number of aromatic nitrogens is 1. The molecule has 0 aliphatic carbocycles. The Morgan fingerprint density at radius 3 is 2.33 bits per heavy atom. The molecule has 0 atom stereocenters. The summed E-state index contributed by atoms with van der Waals surface area (Å²) in [6, 6.07) is 26.8. The number of benzene rings is 3. The number of primary amides is 1. The molecule has 5 rings (SSSR count).